The van der Waals surface area contributed by atoms with E-state index in [1.807, 2.05) is 32.0 Å². The first-order valence-electron chi connectivity index (χ1n) is 8.85. The van der Waals surface area contributed by atoms with Crippen LogP contribution in [0.3, 0.4) is 0 Å². The summed E-state index contributed by atoms with van der Waals surface area (Å²) in [7, 11) is 0. The molecule has 0 aromatic heterocycles. The van der Waals surface area contributed by atoms with Gasteiger partial charge in [-0.2, -0.15) is 0 Å². The van der Waals surface area contributed by atoms with Crippen molar-refractivity contribution in [2.24, 2.45) is 0 Å². The molecule has 3 rings (SSSR count). The minimum Gasteiger partial charge on any atom is -0.452 e. The van der Waals surface area contributed by atoms with Crippen LogP contribution in [0.4, 0.5) is 11.4 Å². The number of hydrogen-bond donors (Lipinski definition) is 1. The van der Waals surface area contributed by atoms with Gasteiger partial charge in [-0.05, 0) is 49.2 Å². The van der Waals surface area contributed by atoms with Crippen molar-refractivity contribution in [2.75, 3.05) is 16.8 Å². The summed E-state index contributed by atoms with van der Waals surface area (Å²) in [6, 6.07) is 11.7. The van der Waals surface area contributed by atoms with E-state index in [1.165, 1.54) is 12.1 Å². The van der Waals surface area contributed by atoms with E-state index in [0.29, 0.717) is 11.4 Å². The highest BCUT2D eigenvalue weighted by atomic mass is 16.5. The van der Waals surface area contributed by atoms with E-state index in [1.54, 1.807) is 12.1 Å². The van der Waals surface area contributed by atoms with Gasteiger partial charge in [0.25, 0.3) is 5.91 Å². The van der Waals surface area contributed by atoms with Gasteiger partial charge in [0.05, 0.1) is 11.3 Å². The van der Waals surface area contributed by atoms with Crippen LogP contribution in [0.5, 0.6) is 0 Å². The minimum atomic E-state index is -0.711. The average Bonchev–Trinajstić information content (AvgIpc) is 3.01. The van der Waals surface area contributed by atoms with Crippen molar-refractivity contribution in [3.8, 4) is 0 Å². The van der Waals surface area contributed by atoms with Gasteiger partial charge in [0.15, 0.2) is 6.61 Å². The molecule has 7 nitrogen and oxygen atoms in total. The molecule has 3 amide bonds. The van der Waals surface area contributed by atoms with Crippen LogP contribution in [-0.4, -0.2) is 30.3 Å². The first kappa shape index (κ1) is 19.3. The normalized spacial score (nSPS) is 13.6. The van der Waals surface area contributed by atoms with Gasteiger partial charge in [-0.3, -0.25) is 19.3 Å². The van der Waals surface area contributed by atoms with Crippen LogP contribution >= 0.6 is 0 Å². The van der Waals surface area contributed by atoms with Crippen LogP contribution in [0, 0.1) is 13.8 Å². The highest BCUT2D eigenvalue weighted by Gasteiger charge is 2.30. The van der Waals surface area contributed by atoms with Gasteiger partial charge in [-0.15, -0.1) is 0 Å². The van der Waals surface area contributed by atoms with Gasteiger partial charge in [-0.25, -0.2) is 4.79 Å². The quantitative estimate of drug-likeness (QED) is 0.636. The van der Waals surface area contributed by atoms with Crippen LogP contribution < -0.4 is 10.2 Å². The molecule has 0 spiro atoms. The Labute approximate surface area is 162 Å². The Balaban J connectivity index is 1.63. The minimum absolute atomic E-state index is 0.157. The summed E-state index contributed by atoms with van der Waals surface area (Å²) < 4.78 is 5.06. The van der Waals surface area contributed by atoms with Crippen molar-refractivity contribution >= 4 is 35.1 Å². The number of ether oxygens (including phenoxy) is 1. The van der Waals surface area contributed by atoms with E-state index >= 15 is 0 Å². The predicted molar refractivity (Wildman–Crippen MR) is 103 cm³/mol. The van der Waals surface area contributed by atoms with Gasteiger partial charge in [0.1, 0.15) is 0 Å². The van der Waals surface area contributed by atoms with Crippen molar-refractivity contribution in [1.82, 2.24) is 0 Å². The zero-order valence-electron chi connectivity index (χ0n) is 15.7. The smallest absolute Gasteiger partial charge is 0.338 e. The molecule has 2 aromatic rings. The summed E-state index contributed by atoms with van der Waals surface area (Å²) >= 11 is 0. The van der Waals surface area contributed by atoms with E-state index in [9.17, 15) is 19.2 Å². The molecule has 0 saturated carbocycles. The van der Waals surface area contributed by atoms with Gasteiger partial charge in [0, 0.05) is 18.5 Å². The lowest BCUT2D eigenvalue weighted by molar-refractivity contribution is -0.121. The Kier molecular flexibility index (Phi) is 5.54. The number of benzene rings is 2. The monoisotopic (exact) mass is 380 g/mol. The molecule has 1 aliphatic heterocycles. The number of aryl methyl sites for hydroxylation is 2. The third-order valence-corrected chi connectivity index (χ3v) is 4.39. The van der Waals surface area contributed by atoms with E-state index < -0.39 is 18.5 Å². The zero-order chi connectivity index (χ0) is 20.3. The fourth-order valence-electron chi connectivity index (χ4n) is 2.91. The number of esters is 1. The second kappa shape index (κ2) is 8.04. The lowest BCUT2D eigenvalue weighted by atomic mass is 10.1. The topological polar surface area (TPSA) is 92.8 Å². The summed E-state index contributed by atoms with van der Waals surface area (Å²) in [5.41, 5.74) is 3.04. The Morgan fingerprint density at radius 3 is 2.46 bits per heavy atom. The number of hydrogen-bond acceptors (Lipinski definition) is 5. The summed E-state index contributed by atoms with van der Waals surface area (Å²) in [5, 5.41) is 2.71. The second-order valence-electron chi connectivity index (χ2n) is 6.62. The van der Waals surface area contributed by atoms with Crippen molar-refractivity contribution in [2.45, 2.75) is 26.7 Å². The van der Waals surface area contributed by atoms with Crippen molar-refractivity contribution < 1.29 is 23.9 Å². The molecule has 7 heteroatoms. The summed E-state index contributed by atoms with van der Waals surface area (Å²) in [6.07, 6.45) is 0.318. The summed E-state index contributed by atoms with van der Waals surface area (Å²) in [4.78, 5) is 49.1. The first-order chi connectivity index (χ1) is 13.3. The highest BCUT2D eigenvalue weighted by Crippen LogP contribution is 2.23. The number of anilines is 2. The van der Waals surface area contributed by atoms with Crippen LogP contribution in [0.1, 0.15) is 34.3 Å². The summed E-state index contributed by atoms with van der Waals surface area (Å²) in [5.74, 6) is -1.77. The van der Waals surface area contributed by atoms with Crippen molar-refractivity contribution in [3.63, 3.8) is 0 Å². The number of imide groups is 1. The molecule has 0 aliphatic carbocycles. The molecule has 28 heavy (non-hydrogen) atoms. The molecule has 0 atom stereocenters. The van der Waals surface area contributed by atoms with Crippen molar-refractivity contribution in [3.05, 3.63) is 59.2 Å². The van der Waals surface area contributed by atoms with Crippen LogP contribution in [0.2, 0.25) is 0 Å². The molecule has 1 heterocycles. The van der Waals surface area contributed by atoms with Crippen LogP contribution in [-0.2, 0) is 19.1 Å². The number of nitrogens with zero attached hydrogens (tertiary/aromatic N) is 1. The molecule has 1 fully saturated rings. The average molecular weight is 380 g/mol. The Morgan fingerprint density at radius 1 is 1.04 bits per heavy atom. The molecule has 2 aromatic carbocycles. The van der Waals surface area contributed by atoms with Crippen LogP contribution in [0.15, 0.2) is 42.5 Å². The maximum atomic E-state index is 12.3. The van der Waals surface area contributed by atoms with Gasteiger partial charge < -0.3 is 10.1 Å². The Bertz CT molecular complexity index is 951. The second-order valence-corrected chi connectivity index (χ2v) is 6.62. The molecule has 0 radical (unpaired) electrons. The van der Waals surface area contributed by atoms with Gasteiger partial charge >= 0.3 is 5.97 Å². The highest BCUT2D eigenvalue weighted by molar-refractivity contribution is 6.20. The van der Waals surface area contributed by atoms with Gasteiger partial charge in [-0.1, -0.05) is 18.2 Å². The third kappa shape index (κ3) is 4.25. The SMILES string of the molecule is Cc1ccc(C)c(NC(=O)COC(=O)c2cccc(N3C(=O)CCC3=O)c2)c1. The van der Waals surface area contributed by atoms with E-state index in [2.05, 4.69) is 5.32 Å². The van der Waals surface area contributed by atoms with Crippen LogP contribution in [0.25, 0.3) is 0 Å². The fraction of sp³-hybridized carbons (Fsp3) is 0.238. The molecule has 1 N–H and O–H groups in total. The van der Waals surface area contributed by atoms with E-state index in [0.717, 1.165) is 16.0 Å². The molecule has 0 unspecified atom stereocenters. The molecule has 1 aliphatic rings. The first-order valence-corrected chi connectivity index (χ1v) is 8.85. The van der Waals surface area contributed by atoms with Crippen molar-refractivity contribution in [1.29, 1.82) is 0 Å². The number of amides is 3. The fourth-order valence-corrected chi connectivity index (χ4v) is 2.91. The van der Waals surface area contributed by atoms with Gasteiger partial charge in [0.2, 0.25) is 11.8 Å². The predicted octanol–water partition coefficient (Wildman–Crippen LogP) is 2.75. The third-order valence-electron chi connectivity index (χ3n) is 4.39. The van der Waals surface area contributed by atoms with E-state index in [4.69, 9.17) is 4.74 Å². The van der Waals surface area contributed by atoms with E-state index in [-0.39, 0.29) is 30.2 Å². The molecule has 0 bridgehead atoms. The molecular formula is C21H20N2O5. The zero-order valence-corrected chi connectivity index (χ0v) is 15.7. The Hall–Kier alpha value is -3.48. The lowest BCUT2D eigenvalue weighted by Gasteiger charge is -2.14. The molecular weight excluding hydrogens is 360 g/mol. The maximum absolute atomic E-state index is 12.3. The Morgan fingerprint density at radius 2 is 1.75 bits per heavy atom. The number of carbonyl (C=O) groups is 4. The maximum Gasteiger partial charge on any atom is 0.338 e. The number of nitrogens with one attached hydrogen (secondary N) is 1. The molecule has 1 saturated heterocycles. The molecule has 144 valence electrons. The standard InChI is InChI=1S/C21H20N2O5/c1-13-6-7-14(2)17(10-13)22-18(24)12-28-21(27)15-4-3-5-16(11-15)23-19(25)8-9-20(23)26/h3-7,10-11H,8-9,12H2,1-2H3,(H,22,24). The lowest BCUT2D eigenvalue weighted by Crippen LogP contribution is -2.28. The number of carbonyl (C=O) groups excluding carboxylic acids is 4. The summed E-state index contributed by atoms with van der Waals surface area (Å²) in [6.45, 7) is 3.34. The number of rotatable bonds is 5. The largest absolute Gasteiger partial charge is 0.452 e.